The van der Waals surface area contributed by atoms with Gasteiger partial charge in [-0.2, -0.15) is 0 Å². The van der Waals surface area contributed by atoms with E-state index in [1.807, 2.05) is 42.2 Å². The van der Waals surface area contributed by atoms with Crippen molar-refractivity contribution in [2.45, 2.75) is 19.4 Å². The normalized spacial score (nSPS) is 14.0. The highest BCUT2D eigenvalue weighted by Gasteiger charge is 2.26. The van der Waals surface area contributed by atoms with Crippen LogP contribution in [0.3, 0.4) is 0 Å². The standard InChI is InChI=1S/C29H32N8O4/c1-3-21(19-9-5-4-6-10-19)32-24-23(26(39)34-35(2)28(24)41)33-22-12-7-11-20(25(22)38)27(40)36-15-17-37(18-16-36)29-30-13-8-14-31-29/h4-14,21,32-33,38H,3,15-18H2,1-2H3,(H,34,39). The molecular weight excluding hydrogens is 524 g/mol. The Morgan fingerprint density at radius 3 is 2.37 bits per heavy atom. The molecule has 1 unspecified atom stereocenters. The van der Waals surface area contributed by atoms with Crippen LogP contribution in [0.2, 0.25) is 0 Å². The lowest BCUT2D eigenvalue weighted by molar-refractivity contribution is 0.0743. The van der Waals surface area contributed by atoms with Crippen molar-refractivity contribution in [2.24, 2.45) is 7.05 Å². The number of H-pyrrole nitrogens is 1. The Morgan fingerprint density at radius 1 is 0.976 bits per heavy atom. The average molecular weight is 557 g/mol. The minimum Gasteiger partial charge on any atom is -0.505 e. The van der Waals surface area contributed by atoms with Crippen molar-refractivity contribution >= 4 is 28.9 Å². The van der Waals surface area contributed by atoms with E-state index in [9.17, 15) is 19.5 Å². The molecular formula is C29H32N8O4. The van der Waals surface area contributed by atoms with Crippen LogP contribution in [0.4, 0.5) is 23.0 Å². The number of amides is 1. The molecule has 2 aromatic carbocycles. The van der Waals surface area contributed by atoms with Crippen LogP contribution >= 0.6 is 0 Å². The number of carbonyl (C=O) groups excluding carboxylic acids is 1. The van der Waals surface area contributed by atoms with E-state index in [0.29, 0.717) is 38.5 Å². The summed E-state index contributed by atoms with van der Waals surface area (Å²) in [6, 6.07) is 15.8. The molecule has 3 heterocycles. The zero-order valence-electron chi connectivity index (χ0n) is 22.9. The van der Waals surface area contributed by atoms with Crippen molar-refractivity contribution in [3.63, 3.8) is 0 Å². The van der Waals surface area contributed by atoms with Crippen molar-refractivity contribution in [3.05, 3.63) is 98.8 Å². The number of rotatable bonds is 8. The first kappa shape index (κ1) is 27.4. The van der Waals surface area contributed by atoms with Crippen LogP contribution < -0.4 is 26.7 Å². The van der Waals surface area contributed by atoms with Crippen molar-refractivity contribution in [3.8, 4) is 5.75 Å². The molecule has 12 heteroatoms. The minimum absolute atomic E-state index is 0.0566. The van der Waals surface area contributed by atoms with Gasteiger partial charge in [0.25, 0.3) is 17.0 Å². The summed E-state index contributed by atoms with van der Waals surface area (Å²) in [6.45, 7) is 3.92. The molecule has 1 fully saturated rings. The number of aromatic nitrogens is 4. The molecule has 1 atom stereocenters. The Hall–Kier alpha value is -5.13. The van der Waals surface area contributed by atoms with Gasteiger partial charge in [-0.05, 0) is 30.2 Å². The SMILES string of the molecule is CCC(Nc1c(Nc2cccc(C(=O)N3CCN(c4ncccn4)CC3)c2O)c(=O)[nH]n(C)c1=O)c1ccccc1. The molecule has 2 aromatic heterocycles. The molecule has 0 saturated carbocycles. The second-order valence-corrected chi connectivity index (χ2v) is 9.73. The first-order valence-electron chi connectivity index (χ1n) is 13.4. The van der Waals surface area contributed by atoms with Crippen molar-refractivity contribution in [1.29, 1.82) is 0 Å². The molecule has 1 amide bonds. The molecule has 1 saturated heterocycles. The fourth-order valence-corrected chi connectivity index (χ4v) is 4.87. The summed E-state index contributed by atoms with van der Waals surface area (Å²) in [7, 11) is 1.46. The zero-order chi connectivity index (χ0) is 28.9. The summed E-state index contributed by atoms with van der Waals surface area (Å²) in [5.74, 6) is -0.0477. The first-order chi connectivity index (χ1) is 19.9. The monoisotopic (exact) mass is 556 g/mol. The van der Waals surface area contributed by atoms with Gasteiger partial charge in [-0.3, -0.25) is 24.2 Å². The molecule has 0 radical (unpaired) electrons. The molecule has 5 rings (SSSR count). The minimum atomic E-state index is -0.562. The number of hydrogen-bond acceptors (Lipinski definition) is 9. The second kappa shape index (κ2) is 11.9. The maximum Gasteiger partial charge on any atom is 0.290 e. The van der Waals surface area contributed by atoms with Crippen molar-refractivity contribution < 1.29 is 9.90 Å². The Bertz CT molecular complexity index is 1630. The lowest BCUT2D eigenvalue weighted by Gasteiger charge is -2.34. The third-order valence-electron chi connectivity index (χ3n) is 7.12. The number of nitrogens with zero attached hydrogens (tertiary/aromatic N) is 5. The van der Waals surface area contributed by atoms with E-state index in [1.165, 1.54) is 13.1 Å². The van der Waals surface area contributed by atoms with Gasteiger partial charge in [-0.1, -0.05) is 43.3 Å². The van der Waals surface area contributed by atoms with Gasteiger partial charge in [0, 0.05) is 45.6 Å². The fraction of sp³-hybridized carbons (Fsp3) is 0.276. The van der Waals surface area contributed by atoms with Crippen LogP contribution in [0, 0.1) is 0 Å². The number of phenols is 1. The predicted molar refractivity (Wildman–Crippen MR) is 157 cm³/mol. The van der Waals surface area contributed by atoms with E-state index in [1.54, 1.807) is 35.5 Å². The van der Waals surface area contributed by atoms with E-state index in [0.717, 1.165) is 10.2 Å². The molecule has 41 heavy (non-hydrogen) atoms. The summed E-state index contributed by atoms with van der Waals surface area (Å²) in [5.41, 5.74) is 0.159. The van der Waals surface area contributed by atoms with Gasteiger partial charge in [0.1, 0.15) is 11.4 Å². The number of aromatic amines is 1. The summed E-state index contributed by atoms with van der Waals surface area (Å²) in [5, 5.41) is 19.8. The molecule has 0 aliphatic carbocycles. The van der Waals surface area contributed by atoms with E-state index < -0.39 is 11.1 Å². The highest BCUT2D eigenvalue weighted by Crippen LogP contribution is 2.33. The van der Waals surface area contributed by atoms with Gasteiger partial charge in [0.2, 0.25) is 5.95 Å². The summed E-state index contributed by atoms with van der Waals surface area (Å²) in [4.78, 5) is 51.8. The van der Waals surface area contributed by atoms with Gasteiger partial charge in [-0.25, -0.2) is 9.97 Å². The second-order valence-electron chi connectivity index (χ2n) is 9.73. The Kier molecular flexibility index (Phi) is 7.99. The maximum absolute atomic E-state index is 13.4. The number of aromatic hydroxyl groups is 1. The largest absolute Gasteiger partial charge is 0.505 e. The van der Waals surface area contributed by atoms with Crippen LogP contribution in [0.15, 0.2) is 76.6 Å². The van der Waals surface area contributed by atoms with E-state index in [4.69, 9.17) is 0 Å². The van der Waals surface area contributed by atoms with Crippen LogP contribution in [0.25, 0.3) is 0 Å². The molecule has 4 aromatic rings. The number of phenolic OH excluding ortho intramolecular Hbond substituents is 1. The van der Waals surface area contributed by atoms with Gasteiger partial charge < -0.3 is 25.5 Å². The number of carbonyl (C=O) groups is 1. The number of aryl methyl sites for hydroxylation is 1. The van der Waals surface area contributed by atoms with Crippen LogP contribution in [0.5, 0.6) is 5.75 Å². The van der Waals surface area contributed by atoms with Crippen molar-refractivity contribution in [2.75, 3.05) is 41.7 Å². The molecule has 0 spiro atoms. The Balaban J connectivity index is 1.40. The van der Waals surface area contributed by atoms with Gasteiger partial charge in [-0.15, -0.1) is 0 Å². The van der Waals surface area contributed by atoms with E-state index in [2.05, 4.69) is 25.7 Å². The first-order valence-corrected chi connectivity index (χ1v) is 13.4. The van der Waals surface area contributed by atoms with Crippen molar-refractivity contribution in [1.82, 2.24) is 24.6 Å². The molecule has 12 nitrogen and oxygen atoms in total. The highest BCUT2D eigenvalue weighted by molar-refractivity contribution is 5.99. The highest BCUT2D eigenvalue weighted by atomic mass is 16.3. The summed E-state index contributed by atoms with van der Waals surface area (Å²) in [6.07, 6.45) is 4.00. The molecule has 212 valence electrons. The Morgan fingerprint density at radius 2 is 1.68 bits per heavy atom. The van der Waals surface area contributed by atoms with Crippen LogP contribution in [-0.4, -0.2) is 61.8 Å². The number of nitrogens with one attached hydrogen (secondary N) is 3. The smallest absolute Gasteiger partial charge is 0.290 e. The number of piperazine rings is 1. The lowest BCUT2D eigenvalue weighted by Crippen LogP contribution is -2.49. The average Bonchev–Trinajstić information content (AvgIpc) is 3.01. The predicted octanol–water partition coefficient (Wildman–Crippen LogP) is 2.84. The van der Waals surface area contributed by atoms with Gasteiger partial charge in [0.15, 0.2) is 5.75 Å². The zero-order valence-corrected chi connectivity index (χ0v) is 22.9. The van der Waals surface area contributed by atoms with Crippen LogP contribution in [0.1, 0.15) is 35.3 Å². The third kappa shape index (κ3) is 5.76. The number of para-hydroxylation sites is 1. The molecule has 1 aliphatic rings. The molecule has 1 aliphatic heterocycles. The van der Waals surface area contributed by atoms with Gasteiger partial charge >= 0.3 is 0 Å². The Labute approximate surface area is 236 Å². The summed E-state index contributed by atoms with van der Waals surface area (Å²) < 4.78 is 1.10. The van der Waals surface area contributed by atoms with Crippen LogP contribution in [-0.2, 0) is 7.05 Å². The lowest BCUT2D eigenvalue weighted by atomic mass is 10.0. The topological polar surface area (TPSA) is 148 Å². The van der Waals surface area contributed by atoms with E-state index >= 15 is 0 Å². The number of anilines is 4. The fourth-order valence-electron chi connectivity index (χ4n) is 4.87. The number of benzene rings is 2. The van der Waals surface area contributed by atoms with Gasteiger partial charge in [0.05, 0.1) is 17.3 Å². The van der Waals surface area contributed by atoms with E-state index in [-0.39, 0.29) is 40.3 Å². The number of hydrogen-bond donors (Lipinski definition) is 4. The quantitative estimate of drug-likeness (QED) is 0.240. The summed E-state index contributed by atoms with van der Waals surface area (Å²) >= 11 is 0. The maximum atomic E-state index is 13.4. The molecule has 4 N–H and O–H groups in total. The third-order valence-corrected chi connectivity index (χ3v) is 7.12. The molecule has 0 bridgehead atoms.